The van der Waals surface area contributed by atoms with Gasteiger partial charge in [-0.1, -0.05) is 29.3 Å². The van der Waals surface area contributed by atoms with Crippen LogP contribution in [0.15, 0.2) is 35.4 Å². The van der Waals surface area contributed by atoms with Gasteiger partial charge in [-0.15, -0.1) is 0 Å². The summed E-state index contributed by atoms with van der Waals surface area (Å²) in [5.74, 6) is -1.62. The summed E-state index contributed by atoms with van der Waals surface area (Å²) in [6.07, 6.45) is 1.32. The highest BCUT2D eigenvalue weighted by Gasteiger charge is 2.15. The number of anilines is 1. The van der Waals surface area contributed by atoms with Gasteiger partial charge in [-0.3, -0.25) is 9.59 Å². The molecule has 0 aliphatic carbocycles. The average Bonchev–Trinajstić information content (AvgIpc) is 2.63. The molecule has 0 radical (unpaired) electrons. The molecule has 0 aliphatic heterocycles. The van der Waals surface area contributed by atoms with Crippen molar-refractivity contribution in [1.82, 2.24) is 5.43 Å². The third-order valence-electron chi connectivity index (χ3n) is 3.14. The number of nitrogens with one attached hydrogen (secondary N) is 2. The van der Waals surface area contributed by atoms with Crippen LogP contribution in [0.2, 0.25) is 10.0 Å². The van der Waals surface area contributed by atoms with Gasteiger partial charge in [0.2, 0.25) is 0 Å². The quantitative estimate of drug-likeness (QED) is 0.241. The minimum atomic E-state index is -0.985. The number of rotatable bonds is 5. The fraction of sp³-hybridized carbons (Fsp3) is 0.118. The van der Waals surface area contributed by atoms with E-state index in [2.05, 4.69) is 15.8 Å². The van der Waals surface area contributed by atoms with Gasteiger partial charge in [0.1, 0.15) is 0 Å². The van der Waals surface area contributed by atoms with Crippen LogP contribution in [0.5, 0.6) is 11.5 Å². The summed E-state index contributed by atoms with van der Waals surface area (Å²) in [6.45, 7) is 2.17. The molecule has 7 nitrogen and oxygen atoms in total. The number of benzene rings is 2. The van der Waals surface area contributed by atoms with E-state index in [4.69, 9.17) is 27.9 Å². The molecule has 27 heavy (non-hydrogen) atoms. The van der Waals surface area contributed by atoms with Crippen LogP contribution in [0.4, 0.5) is 5.69 Å². The lowest BCUT2D eigenvalue weighted by atomic mass is 10.2. The number of nitrogens with zero attached hydrogens (tertiary/aromatic N) is 1. The first-order valence-electron chi connectivity index (χ1n) is 7.57. The van der Waals surface area contributed by atoms with Crippen molar-refractivity contribution in [2.45, 2.75) is 6.92 Å². The zero-order valence-electron chi connectivity index (χ0n) is 13.9. The van der Waals surface area contributed by atoms with Crippen LogP contribution in [0, 0.1) is 3.57 Å². The van der Waals surface area contributed by atoms with Crippen molar-refractivity contribution in [3.63, 3.8) is 0 Å². The third-order valence-corrected chi connectivity index (χ3v) is 4.78. The number of carbonyl (C=O) groups excluding carboxylic acids is 2. The van der Waals surface area contributed by atoms with E-state index in [1.165, 1.54) is 12.3 Å². The fourth-order valence-electron chi connectivity index (χ4n) is 1.93. The van der Waals surface area contributed by atoms with Gasteiger partial charge in [0.15, 0.2) is 11.5 Å². The Morgan fingerprint density at radius 2 is 2.04 bits per heavy atom. The lowest BCUT2D eigenvalue weighted by Crippen LogP contribution is -2.32. The first-order chi connectivity index (χ1) is 12.8. The largest absolute Gasteiger partial charge is 0.504 e. The molecule has 0 bridgehead atoms. The van der Waals surface area contributed by atoms with Crippen molar-refractivity contribution in [2.24, 2.45) is 5.10 Å². The summed E-state index contributed by atoms with van der Waals surface area (Å²) in [6, 6.07) is 7.85. The Hall–Kier alpha value is -2.04. The second-order valence-corrected chi connectivity index (χ2v) is 6.98. The number of hydrogen-bond donors (Lipinski definition) is 3. The van der Waals surface area contributed by atoms with Crippen LogP contribution in [-0.4, -0.2) is 29.7 Å². The maximum absolute atomic E-state index is 11.9. The van der Waals surface area contributed by atoms with E-state index in [0.717, 1.165) is 0 Å². The molecule has 0 atom stereocenters. The molecule has 0 spiro atoms. The molecule has 0 saturated carbocycles. The van der Waals surface area contributed by atoms with Gasteiger partial charge < -0.3 is 15.2 Å². The molecule has 142 valence electrons. The van der Waals surface area contributed by atoms with Crippen LogP contribution >= 0.6 is 45.8 Å². The number of phenolic OH excluding ortho intramolecular Hbond substituents is 1. The van der Waals surface area contributed by atoms with E-state index < -0.39 is 11.8 Å². The van der Waals surface area contributed by atoms with Crippen molar-refractivity contribution < 1.29 is 19.4 Å². The summed E-state index contributed by atoms with van der Waals surface area (Å²) in [4.78, 5) is 23.7. The number of carbonyl (C=O) groups is 2. The normalized spacial score (nSPS) is 10.7. The number of hydrazone groups is 1. The highest BCUT2D eigenvalue weighted by Crippen LogP contribution is 2.32. The number of aromatic hydroxyl groups is 1. The molecule has 0 fully saturated rings. The van der Waals surface area contributed by atoms with Gasteiger partial charge in [0.25, 0.3) is 0 Å². The molecule has 0 aromatic heterocycles. The number of halogens is 3. The van der Waals surface area contributed by atoms with Crippen molar-refractivity contribution in [2.75, 3.05) is 11.9 Å². The van der Waals surface area contributed by atoms with Crippen molar-refractivity contribution >= 4 is 69.5 Å². The fourth-order valence-corrected chi connectivity index (χ4v) is 2.90. The molecule has 0 saturated heterocycles. The predicted octanol–water partition coefficient (Wildman–Crippen LogP) is 3.79. The molecule has 2 aromatic rings. The molecule has 0 aliphatic rings. The summed E-state index contributed by atoms with van der Waals surface area (Å²) >= 11 is 13.7. The van der Waals surface area contributed by atoms with E-state index >= 15 is 0 Å². The Morgan fingerprint density at radius 1 is 1.30 bits per heavy atom. The van der Waals surface area contributed by atoms with Crippen molar-refractivity contribution in [3.05, 3.63) is 49.5 Å². The van der Waals surface area contributed by atoms with Gasteiger partial charge in [-0.2, -0.15) is 5.10 Å². The molecule has 10 heteroatoms. The summed E-state index contributed by atoms with van der Waals surface area (Å²) in [5.41, 5.74) is 2.89. The van der Waals surface area contributed by atoms with Crippen molar-refractivity contribution in [3.8, 4) is 11.5 Å². The van der Waals surface area contributed by atoms with E-state index in [0.29, 0.717) is 21.5 Å². The molecule has 3 N–H and O–H groups in total. The van der Waals surface area contributed by atoms with Crippen LogP contribution in [-0.2, 0) is 9.59 Å². The first-order valence-corrected chi connectivity index (χ1v) is 9.40. The lowest BCUT2D eigenvalue weighted by Gasteiger charge is -2.08. The SMILES string of the molecule is CCOc1cc(/C=N\NC(=O)C(=O)Nc2cccc(Cl)c2Cl)cc(I)c1O. The molecule has 0 heterocycles. The van der Waals surface area contributed by atoms with Crippen LogP contribution in [0.3, 0.4) is 0 Å². The molecular weight excluding hydrogens is 508 g/mol. The minimum absolute atomic E-state index is 0.0245. The molecular formula is C17H14Cl2IN3O4. The van der Waals surface area contributed by atoms with Crippen LogP contribution < -0.4 is 15.5 Å². The summed E-state index contributed by atoms with van der Waals surface area (Å²) in [5, 5.41) is 16.4. The van der Waals surface area contributed by atoms with Gasteiger partial charge in [0.05, 0.1) is 32.1 Å². The molecule has 2 rings (SSSR count). The average molecular weight is 522 g/mol. The Morgan fingerprint density at radius 3 is 2.74 bits per heavy atom. The number of phenols is 1. The maximum atomic E-state index is 11.9. The number of amides is 2. The van der Waals surface area contributed by atoms with E-state index in [9.17, 15) is 14.7 Å². The zero-order valence-corrected chi connectivity index (χ0v) is 17.6. The van der Waals surface area contributed by atoms with E-state index in [-0.39, 0.29) is 21.5 Å². The van der Waals surface area contributed by atoms with Crippen LogP contribution in [0.25, 0.3) is 0 Å². The second-order valence-electron chi connectivity index (χ2n) is 5.04. The van der Waals surface area contributed by atoms with Gasteiger partial charge >= 0.3 is 11.8 Å². The topological polar surface area (TPSA) is 100 Å². The van der Waals surface area contributed by atoms with Gasteiger partial charge in [-0.05, 0) is 59.3 Å². The van der Waals surface area contributed by atoms with Crippen LogP contribution in [0.1, 0.15) is 12.5 Å². The highest BCUT2D eigenvalue weighted by molar-refractivity contribution is 14.1. The lowest BCUT2D eigenvalue weighted by molar-refractivity contribution is -0.136. The first kappa shape index (κ1) is 21.3. The highest BCUT2D eigenvalue weighted by atomic mass is 127. The second kappa shape index (κ2) is 9.77. The van der Waals surface area contributed by atoms with E-state index in [1.54, 1.807) is 31.2 Å². The summed E-state index contributed by atoms with van der Waals surface area (Å²) < 4.78 is 5.88. The Bertz CT molecular complexity index is 906. The molecule has 0 unspecified atom stereocenters. The molecule has 2 aromatic carbocycles. The van der Waals surface area contributed by atoms with Gasteiger partial charge in [-0.25, -0.2) is 5.43 Å². The monoisotopic (exact) mass is 521 g/mol. The van der Waals surface area contributed by atoms with E-state index in [1.807, 2.05) is 22.6 Å². The minimum Gasteiger partial charge on any atom is -0.504 e. The maximum Gasteiger partial charge on any atom is 0.329 e. The summed E-state index contributed by atoms with van der Waals surface area (Å²) in [7, 11) is 0. The Balaban J connectivity index is 2.02. The van der Waals surface area contributed by atoms with Crippen molar-refractivity contribution in [1.29, 1.82) is 0 Å². The van der Waals surface area contributed by atoms with Gasteiger partial charge in [0, 0.05) is 0 Å². The smallest absolute Gasteiger partial charge is 0.329 e. The number of ether oxygens (including phenoxy) is 1. The third kappa shape index (κ3) is 5.72. The standard InChI is InChI=1S/C17H14Cl2IN3O4/c1-2-27-13-7-9(6-11(20)15(13)24)8-21-23-17(26)16(25)22-12-5-3-4-10(18)14(12)19/h3-8,24H,2H2,1H3,(H,22,25)(H,23,26)/b21-8-. The molecule has 2 amide bonds. The number of hydrogen-bond acceptors (Lipinski definition) is 5. The Kier molecular flexibility index (Phi) is 7.69. The Labute approximate surface area is 178 Å². The predicted molar refractivity (Wildman–Crippen MR) is 113 cm³/mol. The zero-order chi connectivity index (χ0) is 20.0.